The molecule has 0 fully saturated rings. The van der Waals surface area contributed by atoms with Crippen molar-refractivity contribution in [1.29, 1.82) is 0 Å². The molecule has 0 rings (SSSR count). The Balaban J connectivity index is 0. The van der Waals surface area contributed by atoms with Crippen molar-refractivity contribution in [3.8, 4) is 0 Å². The average molecular weight is 171 g/mol. The molecule has 0 aliphatic rings. The van der Waals surface area contributed by atoms with Crippen molar-refractivity contribution in [2.75, 3.05) is 0 Å². The minimum atomic E-state index is -0.576. The second-order valence-electron chi connectivity index (χ2n) is 2.09. The van der Waals surface area contributed by atoms with E-state index in [1.54, 1.807) is 14.9 Å². The molecule has 0 atom stereocenters. The Hall–Kier alpha value is 0.596. The Bertz CT molecular complexity index is 30.0. The quantitative estimate of drug-likeness (QED) is 0.581. The third-order valence-corrected chi connectivity index (χ3v) is 9.00. The first-order valence-corrected chi connectivity index (χ1v) is 8.49. The number of nitrogens with zero attached hydrogens (tertiary/aromatic N) is 1. The van der Waals surface area contributed by atoms with Gasteiger partial charge < -0.3 is 0 Å². The van der Waals surface area contributed by atoms with E-state index in [1.807, 2.05) is 0 Å². The maximum atomic E-state index is 2.34. The van der Waals surface area contributed by atoms with Crippen LogP contribution in [0.25, 0.3) is 0 Å². The van der Waals surface area contributed by atoms with Crippen molar-refractivity contribution in [2.45, 2.75) is 35.7 Å². The Kier molecular flexibility index (Phi) is 10.8. The summed E-state index contributed by atoms with van der Waals surface area (Å²) >= 11 is -0.576. The van der Waals surface area contributed by atoms with E-state index in [4.69, 9.17) is 0 Å². The zero-order valence-electron chi connectivity index (χ0n) is 6.15. The van der Waals surface area contributed by atoms with E-state index in [1.165, 1.54) is 0 Å². The Morgan fingerprint density at radius 1 is 0.875 bits per heavy atom. The topological polar surface area (TPSA) is 30.5 Å². The van der Waals surface area contributed by atoms with Gasteiger partial charge in [-0.3, -0.25) is 0 Å². The molecule has 0 aromatic carbocycles. The summed E-state index contributed by atoms with van der Waals surface area (Å²) in [6.07, 6.45) is 0. The first kappa shape index (κ1) is 11.4. The standard InChI is InChI=1S/3C2H5.Ga.N/c3*1-2;;/h3*1H2,2H3;;. The van der Waals surface area contributed by atoms with E-state index < -0.39 is 16.2 Å². The second kappa shape index (κ2) is 7.60. The van der Waals surface area contributed by atoms with Gasteiger partial charge in [0.2, 0.25) is 0 Å². The van der Waals surface area contributed by atoms with Gasteiger partial charge in [-0.15, -0.1) is 0 Å². The van der Waals surface area contributed by atoms with Gasteiger partial charge in [0.25, 0.3) is 0 Å². The van der Waals surface area contributed by atoms with Crippen LogP contribution in [0.4, 0.5) is 0 Å². The third kappa shape index (κ3) is 4.75. The molecule has 2 heteroatoms. The van der Waals surface area contributed by atoms with E-state index in [2.05, 4.69) is 20.8 Å². The van der Waals surface area contributed by atoms with Crippen molar-refractivity contribution < 1.29 is 0 Å². The smallest absolute Gasteiger partial charge is 0 e. The molecule has 8 heavy (non-hydrogen) atoms. The van der Waals surface area contributed by atoms with Gasteiger partial charge in [-0.1, -0.05) is 0 Å². The predicted molar refractivity (Wildman–Crippen MR) is 39.3 cm³/mol. The van der Waals surface area contributed by atoms with Crippen LogP contribution in [0, 0.1) is 0 Å². The van der Waals surface area contributed by atoms with Gasteiger partial charge in [0.15, 0.2) is 0 Å². The molecule has 0 heterocycles. The molecule has 0 aliphatic carbocycles. The molecule has 0 aromatic heterocycles. The first-order valence-electron chi connectivity index (χ1n) is 3.35. The van der Waals surface area contributed by atoms with E-state index in [0.717, 1.165) is 0 Å². The molecule has 0 amide bonds. The van der Waals surface area contributed by atoms with Gasteiger partial charge in [-0.2, -0.15) is 0 Å². The molecular formula is C6H15GaN. The van der Waals surface area contributed by atoms with Crippen LogP contribution >= 0.6 is 0 Å². The van der Waals surface area contributed by atoms with Crippen LogP contribution in [0.3, 0.4) is 0 Å². The summed E-state index contributed by atoms with van der Waals surface area (Å²) in [5.41, 5.74) is 0. The van der Waals surface area contributed by atoms with Crippen molar-refractivity contribution in [1.82, 2.24) is 6.15 Å². The van der Waals surface area contributed by atoms with Crippen molar-refractivity contribution in [3.63, 3.8) is 0 Å². The van der Waals surface area contributed by atoms with Crippen LogP contribution in [0.15, 0.2) is 0 Å². The molecule has 47 valence electrons. The van der Waals surface area contributed by atoms with Crippen molar-refractivity contribution >= 4 is 16.2 Å². The molecule has 0 bridgehead atoms. The fourth-order valence-corrected chi connectivity index (χ4v) is 4.50. The van der Waals surface area contributed by atoms with Gasteiger partial charge >= 0.3 is 51.9 Å². The Labute approximate surface area is 58.5 Å². The molecule has 0 aromatic rings. The van der Waals surface area contributed by atoms with E-state index in [0.29, 0.717) is 0 Å². The zero-order chi connectivity index (χ0) is 5.70. The summed E-state index contributed by atoms with van der Waals surface area (Å²) in [7, 11) is 0. The normalized spacial score (nSPS) is 7.88. The van der Waals surface area contributed by atoms with Crippen LogP contribution < -0.4 is 6.15 Å². The van der Waals surface area contributed by atoms with Gasteiger partial charge in [0, 0.05) is 6.15 Å². The van der Waals surface area contributed by atoms with E-state index >= 15 is 0 Å². The molecule has 0 unspecified atom stereocenters. The number of hydrogen-bond donors (Lipinski definition) is 0. The fraction of sp³-hybridized carbons (Fsp3) is 1.00. The van der Waals surface area contributed by atoms with Crippen molar-refractivity contribution in [2.24, 2.45) is 0 Å². The van der Waals surface area contributed by atoms with Gasteiger partial charge in [-0.05, 0) is 0 Å². The second-order valence-corrected chi connectivity index (χ2v) is 10.9. The Morgan fingerprint density at radius 3 is 1.12 bits per heavy atom. The number of hydrogen-bond acceptors (Lipinski definition) is 0. The molecule has 1 nitrogen and oxygen atoms in total. The summed E-state index contributed by atoms with van der Waals surface area (Å²) in [5, 5.41) is 0. The molecular weight excluding hydrogens is 156 g/mol. The maximum absolute atomic E-state index is 2.34. The minimum absolute atomic E-state index is 0. The van der Waals surface area contributed by atoms with Gasteiger partial charge in [-0.25, -0.2) is 0 Å². The SMILES string of the molecule is C[CH2][Ga]([CH2]C)[CH2]C.[N]. The van der Waals surface area contributed by atoms with Crippen LogP contribution in [0.2, 0.25) is 14.9 Å². The Morgan fingerprint density at radius 2 is 1.12 bits per heavy atom. The summed E-state index contributed by atoms with van der Waals surface area (Å²) in [5.74, 6) is 0. The molecule has 0 spiro atoms. The molecule has 0 saturated heterocycles. The largest absolute Gasteiger partial charge is 0 e. The van der Waals surface area contributed by atoms with Crippen LogP contribution in [-0.4, -0.2) is 16.2 Å². The molecule has 0 saturated carbocycles. The number of rotatable bonds is 3. The van der Waals surface area contributed by atoms with Crippen LogP contribution in [0.5, 0.6) is 0 Å². The van der Waals surface area contributed by atoms with Crippen LogP contribution in [-0.2, 0) is 0 Å². The minimum Gasteiger partial charge on any atom is 0 e. The fourth-order valence-electron chi connectivity index (χ4n) is 0.866. The van der Waals surface area contributed by atoms with Gasteiger partial charge in [0.1, 0.15) is 0 Å². The molecule has 3 radical (unpaired) electrons. The first-order chi connectivity index (χ1) is 3.35. The van der Waals surface area contributed by atoms with E-state index in [-0.39, 0.29) is 6.15 Å². The zero-order valence-corrected chi connectivity index (χ0v) is 8.57. The third-order valence-electron chi connectivity index (χ3n) is 1.73. The van der Waals surface area contributed by atoms with Crippen molar-refractivity contribution in [3.05, 3.63) is 0 Å². The average Bonchev–Trinajstić information content (AvgIpc) is 1.72. The monoisotopic (exact) mass is 170 g/mol. The molecule has 0 aliphatic heterocycles. The van der Waals surface area contributed by atoms with Crippen LogP contribution in [0.1, 0.15) is 20.8 Å². The van der Waals surface area contributed by atoms with E-state index in [9.17, 15) is 0 Å². The summed E-state index contributed by atoms with van der Waals surface area (Å²) in [6.45, 7) is 7.03. The maximum Gasteiger partial charge on any atom is 0 e. The summed E-state index contributed by atoms with van der Waals surface area (Å²) in [4.78, 5) is 4.62. The summed E-state index contributed by atoms with van der Waals surface area (Å²) in [6, 6.07) is 0. The molecule has 0 N–H and O–H groups in total. The predicted octanol–water partition coefficient (Wildman–Crippen LogP) is 2.06. The van der Waals surface area contributed by atoms with Gasteiger partial charge in [0.05, 0.1) is 0 Å². The summed E-state index contributed by atoms with van der Waals surface area (Å²) < 4.78 is 0.